The lowest BCUT2D eigenvalue weighted by atomic mass is 10.2. The number of thiophene rings is 1. The van der Waals surface area contributed by atoms with Crippen molar-refractivity contribution in [2.45, 2.75) is 19.4 Å². The summed E-state index contributed by atoms with van der Waals surface area (Å²) in [6.07, 6.45) is 1.05. The third-order valence-electron chi connectivity index (χ3n) is 2.70. The highest BCUT2D eigenvalue weighted by atomic mass is 32.1. The summed E-state index contributed by atoms with van der Waals surface area (Å²) in [4.78, 5) is 5.02. The molecule has 92 valence electrons. The number of nitrogens with two attached hydrogens (primary N) is 1. The lowest BCUT2D eigenvalue weighted by Crippen LogP contribution is -2.31. The highest BCUT2D eigenvalue weighted by molar-refractivity contribution is 7.12. The Bertz CT molecular complexity index is 301. The second-order valence-electron chi connectivity index (χ2n) is 4.03. The number of rotatable bonds is 7. The van der Waals surface area contributed by atoms with Crippen LogP contribution in [0, 0.1) is 6.92 Å². The van der Waals surface area contributed by atoms with E-state index >= 15 is 0 Å². The van der Waals surface area contributed by atoms with E-state index in [1.54, 1.807) is 7.11 Å². The summed E-state index contributed by atoms with van der Waals surface area (Å²) in [7, 11) is 3.87. The molecule has 0 aromatic carbocycles. The molecule has 3 nitrogen and oxygen atoms in total. The number of likely N-dealkylation sites (N-methyl/N-ethyl adjacent to an activating group) is 1. The van der Waals surface area contributed by atoms with Crippen molar-refractivity contribution >= 4 is 11.3 Å². The fourth-order valence-corrected chi connectivity index (χ4v) is 2.82. The summed E-state index contributed by atoms with van der Waals surface area (Å²) in [5, 5.41) is 0. The highest BCUT2D eigenvalue weighted by Crippen LogP contribution is 2.25. The standard InChI is InChI=1S/C12H22N2OS/c1-10-5-6-12(16-10)11(9-13)14(2)7-4-8-15-3/h5-6,11H,4,7-9,13H2,1-3H3. The van der Waals surface area contributed by atoms with Crippen molar-refractivity contribution < 1.29 is 4.74 Å². The van der Waals surface area contributed by atoms with E-state index in [9.17, 15) is 0 Å². The highest BCUT2D eigenvalue weighted by Gasteiger charge is 2.16. The molecule has 0 saturated heterocycles. The summed E-state index contributed by atoms with van der Waals surface area (Å²) in [5.74, 6) is 0. The quantitative estimate of drug-likeness (QED) is 0.744. The molecule has 0 bridgehead atoms. The first-order valence-corrected chi connectivity index (χ1v) is 6.46. The Morgan fingerprint density at radius 3 is 2.75 bits per heavy atom. The van der Waals surface area contributed by atoms with Crippen LogP contribution < -0.4 is 5.73 Å². The molecule has 1 unspecified atom stereocenters. The van der Waals surface area contributed by atoms with Crippen LogP contribution in [0.3, 0.4) is 0 Å². The van der Waals surface area contributed by atoms with E-state index in [2.05, 4.69) is 31.0 Å². The fraction of sp³-hybridized carbons (Fsp3) is 0.667. The molecule has 0 radical (unpaired) electrons. The maximum atomic E-state index is 5.85. The minimum absolute atomic E-state index is 0.343. The van der Waals surface area contributed by atoms with Gasteiger partial charge in [0.25, 0.3) is 0 Å². The van der Waals surface area contributed by atoms with Gasteiger partial charge < -0.3 is 10.5 Å². The minimum Gasteiger partial charge on any atom is -0.385 e. The topological polar surface area (TPSA) is 38.5 Å². The van der Waals surface area contributed by atoms with Crippen molar-refractivity contribution in [2.24, 2.45) is 5.73 Å². The van der Waals surface area contributed by atoms with Gasteiger partial charge in [0, 0.05) is 36.6 Å². The van der Waals surface area contributed by atoms with E-state index in [-0.39, 0.29) is 0 Å². The first-order valence-electron chi connectivity index (χ1n) is 5.64. The summed E-state index contributed by atoms with van der Waals surface area (Å²) >= 11 is 1.84. The molecular weight excluding hydrogens is 220 g/mol. The van der Waals surface area contributed by atoms with E-state index in [0.717, 1.165) is 19.6 Å². The molecule has 1 rings (SSSR count). The zero-order chi connectivity index (χ0) is 12.0. The van der Waals surface area contributed by atoms with E-state index in [0.29, 0.717) is 12.6 Å². The van der Waals surface area contributed by atoms with Crippen LogP contribution in [-0.2, 0) is 4.74 Å². The lowest BCUT2D eigenvalue weighted by molar-refractivity contribution is 0.167. The molecular formula is C12H22N2OS. The maximum absolute atomic E-state index is 5.85. The van der Waals surface area contributed by atoms with Crippen LogP contribution in [0.25, 0.3) is 0 Å². The summed E-state index contributed by atoms with van der Waals surface area (Å²) in [6, 6.07) is 4.69. The summed E-state index contributed by atoms with van der Waals surface area (Å²) in [5.41, 5.74) is 5.85. The van der Waals surface area contributed by atoms with E-state index in [1.165, 1.54) is 9.75 Å². The number of nitrogens with zero attached hydrogens (tertiary/aromatic N) is 1. The molecule has 0 fully saturated rings. The smallest absolute Gasteiger partial charge is 0.0561 e. The molecule has 0 aliphatic heterocycles. The van der Waals surface area contributed by atoms with Crippen molar-refractivity contribution in [1.29, 1.82) is 0 Å². The summed E-state index contributed by atoms with van der Waals surface area (Å²) < 4.78 is 5.06. The van der Waals surface area contributed by atoms with Gasteiger partial charge in [-0.05, 0) is 32.5 Å². The normalized spacial score (nSPS) is 13.3. The van der Waals surface area contributed by atoms with Crippen LogP contribution >= 0.6 is 11.3 Å². The second kappa shape index (κ2) is 7.01. The van der Waals surface area contributed by atoms with Gasteiger partial charge >= 0.3 is 0 Å². The van der Waals surface area contributed by atoms with Crippen LogP contribution in [0.4, 0.5) is 0 Å². The molecule has 1 aromatic heterocycles. The van der Waals surface area contributed by atoms with Gasteiger partial charge in [0.1, 0.15) is 0 Å². The van der Waals surface area contributed by atoms with Gasteiger partial charge in [-0.2, -0.15) is 0 Å². The lowest BCUT2D eigenvalue weighted by Gasteiger charge is -2.25. The number of ether oxygens (including phenoxy) is 1. The van der Waals surface area contributed by atoms with Crippen molar-refractivity contribution in [1.82, 2.24) is 4.90 Å². The van der Waals surface area contributed by atoms with Gasteiger partial charge in [0.2, 0.25) is 0 Å². The SMILES string of the molecule is COCCCN(C)C(CN)c1ccc(C)s1. The number of hydrogen-bond donors (Lipinski definition) is 1. The van der Waals surface area contributed by atoms with Gasteiger partial charge in [-0.1, -0.05) is 0 Å². The molecule has 0 spiro atoms. The van der Waals surface area contributed by atoms with E-state index < -0.39 is 0 Å². The van der Waals surface area contributed by atoms with Crippen molar-refractivity contribution in [3.8, 4) is 0 Å². The van der Waals surface area contributed by atoms with Gasteiger partial charge in [0.05, 0.1) is 6.04 Å². The Balaban J connectivity index is 2.53. The predicted molar refractivity (Wildman–Crippen MR) is 70.0 cm³/mol. The third-order valence-corrected chi connectivity index (χ3v) is 3.81. The molecule has 2 N–H and O–H groups in total. The zero-order valence-electron chi connectivity index (χ0n) is 10.4. The molecule has 0 aliphatic carbocycles. The molecule has 0 saturated carbocycles. The number of hydrogen-bond acceptors (Lipinski definition) is 4. The maximum Gasteiger partial charge on any atom is 0.0561 e. The zero-order valence-corrected chi connectivity index (χ0v) is 11.2. The first-order chi connectivity index (χ1) is 7.69. The Labute approximate surface area is 102 Å². The van der Waals surface area contributed by atoms with Gasteiger partial charge in [0.15, 0.2) is 0 Å². The Morgan fingerprint density at radius 1 is 1.50 bits per heavy atom. The Kier molecular flexibility index (Phi) is 5.98. The number of aryl methyl sites for hydroxylation is 1. The largest absolute Gasteiger partial charge is 0.385 e. The Hall–Kier alpha value is -0.420. The van der Waals surface area contributed by atoms with Crippen molar-refractivity contribution in [3.05, 3.63) is 21.9 Å². The van der Waals surface area contributed by atoms with Crippen LogP contribution in [0.5, 0.6) is 0 Å². The molecule has 0 amide bonds. The molecule has 4 heteroatoms. The van der Waals surface area contributed by atoms with Crippen LogP contribution in [0.15, 0.2) is 12.1 Å². The van der Waals surface area contributed by atoms with Crippen LogP contribution in [-0.4, -0.2) is 38.8 Å². The monoisotopic (exact) mass is 242 g/mol. The molecule has 1 atom stereocenters. The molecule has 16 heavy (non-hydrogen) atoms. The molecule has 1 heterocycles. The molecule has 0 aliphatic rings. The molecule has 1 aromatic rings. The van der Waals surface area contributed by atoms with Crippen LogP contribution in [0.1, 0.15) is 22.2 Å². The van der Waals surface area contributed by atoms with Crippen LogP contribution in [0.2, 0.25) is 0 Å². The average molecular weight is 242 g/mol. The van der Waals surface area contributed by atoms with Gasteiger partial charge in [-0.25, -0.2) is 0 Å². The predicted octanol–water partition coefficient (Wildman–Crippen LogP) is 2.02. The van der Waals surface area contributed by atoms with Gasteiger partial charge in [-0.15, -0.1) is 11.3 Å². The van der Waals surface area contributed by atoms with Crippen molar-refractivity contribution in [2.75, 3.05) is 33.9 Å². The van der Waals surface area contributed by atoms with E-state index in [1.807, 2.05) is 11.3 Å². The fourth-order valence-electron chi connectivity index (χ4n) is 1.76. The Morgan fingerprint density at radius 2 is 2.25 bits per heavy atom. The minimum atomic E-state index is 0.343. The number of methoxy groups -OCH3 is 1. The third kappa shape index (κ3) is 3.87. The van der Waals surface area contributed by atoms with Crippen molar-refractivity contribution in [3.63, 3.8) is 0 Å². The second-order valence-corrected chi connectivity index (χ2v) is 5.35. The summed E-state index contributed by atoms with van der Waals surface area (Å²) in [6.45, 7) is 4.63. The van der Waals surface area contributed by atoms with E-state index in [4.69, 9.17) is 10.5 Å². The first kappa shape index (κ1) is 13.6. The van der Waals surface area contributed by atoms with Gasteiger partial charge in [-0.3, -0.25) is 4.90 Å². The average Bonchev–Trinajstić information content (AvgIpc) is 2.66.